The van der Waals surface area contributed by atoms with Gasteiger partial charge in [0.1, 0.15) is 15.7 Å². The molecular weight excluding hydrogens is 253 g/mol. The van der Waals surface area contributed by atoms with E-state index in [1.165, 1.54) is 6.07 Å². The van der Waals surface area contributed by atoms with Crippen molar-refractivity contribution in [3.8, 4) is 0 Å². The van der Waals surface area contributed by atoms with Crippen molar-refractivity contribution in [2.75, 3.05) is 18.1 Å². The van der Waals surface area contributed by atoms with Gasteiger partial charge in [-0.15, -0.1) is 0 Å². The number of hydrogen-bond acceptors (Lipinski definition) is 3. The van der Waals surface area contributed by atoms with Crippen molar-refractivity contribution < 1.29 is 12.8 Å². The second kappa shape index (κ2) is 6.85. The molecule has 0 bridgehead atoms. The van der Waals surface area contributed by atoms with Crippen molar-refractivity contribution >= 4 is 9.84 Å². The number of benzene rings is 1. The average molecular weight is 273 g/mol. The van der Waals surface area contributed by atoms with E-state index in [2.05, 4.69) is 5.32 Å². The standard InChI is InChI=1S/C13H20FNO2S/c1-3-18(16,17)10-6-9-15-11(2)12-7-4-5-8-13(12)14/h4-5,7-8,11,15H,3,6,9-10H2,1-2H3. The highest BCUT2D eigenvalue weighted by Gasteiger charge is 2.10. The molecule has 1 N–H and O–H groups in total. The van der Waals surface area contributed by atoms with E-state index in [0.29, 0.717) is 18.5 Å². The summed E-state index contributed by atoms with van der Waals surface area (Å²) >= 11 is 0. The zero-order valence-electron chi connectivity index (χ0n) is 10.8. The average Bonchev–Trinajstić information content (AvgIpc) is 2.35. The molecule has 0 heterocycles. The lowest BCUT2D eigenvalue weighted by Gasteiger charge is -2.14. The van der Waals surface area contributed by atoms with Crippen LogP contribution in [-0.4, -0.2) is 26.5 Å². The summed E-state index contributed by atoms with van der Waals surface area (Å²) in [6, 6.07) is 6.48. The SMILES string of the molecule is CCS(=O)(=O)CCCNC(C)c1ccccc1F. The summed E-state index contributed by atoms with van der Waals surface area (Å²) in [5.41, 5.74) is 0.607. The molecule has 0 amide bonds. The molecular formula is C13H20FNO2S. The normalized spacial score (nSPS) is 13.5. The van der Waals surface area contributed by atoms with Crippen molar-refractivity contribution in [1.82, 2.24) is 5.32 Å². The predicted molar refractivity (Wildman–Crippen MR) is 71.8 cm³/mol. The lowest BCUT2D eigenvalue weighted by Crippen LogP contribution is -2.23. The molecule has 3 nitrogen and oxygen atoms in total. The molecule has 1 atom stereocenters. The molecule has 0 radical (unpaired) electrons. The maximum absolute atomic E-state index is 13.5. The molecule has 0 fully saturated rings. The smallest absolute Gasteiger partial charge is 0.150 e. The molecule has 0 aliphatic heterocycles. The summed E-state index contributed by atoms with van der Waals surface area (Å²) in [7, 11) is -2.90. The molecule has 0 saturated heterocycles. The fourth-order valence-corrected chi connectivity index (χ4v) is 2.56. The Bertz CT molecular complexity index is 474. The highest BCUT2D eigenvalue weighted by Crippen LogP contribution is 2.15. The Morgan fingerprint density at radius 1 is 1.33 bits per heavy atom. The second-order valence-electron chi connectivity index (χ2n) is 4.29. The Balaban J connectivity index is 2.39. The molecule has 0 aliphatic carbocycles. The summed E-state index contributed by atoms with van der Waals surface area (Å²) < 4.78 is 36.0. The maximum atomic E-state index is 13.5. The summed E-state index contributed by atoms with van der Waals surface area (Å²) in [4.78, 5) is 0. The van der Waals surface area contributed by atoms with E-state index in [4.69, 9.17) is 0 Å². The van der Waals surface area contributed by atoms with E-state index in [1.54, 1.807) is 25.1 Å². The van der Waals surface area contributed by atoms with E-state index < -0.39 is 9.84 Å². The Hall–Kier alpha value is -0.940. The van der Waals surface area contributed by atoms with Crippen LogP contribution in [-0.2, 0) is 9.84 Å². The molecule has 1 rings (SSSR count). The van der Waals surface area contributed by atoms with Gasteiger partial charge in [-0.2, -0.15) is 0 Å². The number of halogens is 1. The molecule has 1 aromatic rings. The number of nitrogens with one attached hydrogen (secondary N) is 1. The largest absolute Gasteiger partial charge is 0.310 e. The Morgan fingerprint density at radius 2 is 2.00 bits per heavy atom. The van der Waals surface area contributed by atoms with Crippen LogP contribution in [0, 0.1) is 5.82 Å². The first-order valence-corrected chi connectivity index (χ1v) is 7.96. The van der Waals surface area contributed by atoms with Gasteiger partial charge >= 0.3 is 0 Å². The van der Waals surface area contributed by atoms with Gasteiger partial charge in [-0.25, -0.2) is 12.8 Å². The minimum absolute atomic E-state index is 0.115. The molecule has 1 unspecified atom stereocenters. The lowest BCUT2D eigenvalue weighted by atomic mass is 10.1. The van der Waals surface area contributed by atoms with Crippen LogP contribution in [0.5, 0.6) is 0 Å². The van der Waals surface area contributed by atoms with Gasteiger partial charge in [0.2, 0.25) is 0 Å². The van der Waals surface area contributed by atoms with Crippen LogP contribution in [0.15, 0.2) is 24.3 Å². The minimum atomic E-state index is -2.90. The third-order valence-corrected chi connectivity index (χ3v) is 4.68. The molecule has 0 aliphatic rings. The fraction of sp³-hybridized carbons (Fsp3) is 0.538. The highest BCUT2D eigenvalue weighted by atomic mass is 32.2. The van der Waals surface area contributed by atoms with E-state index >= 15 is 0 Å². The van der Waals surface area contributed by atoms with E-state index in [0.717, 1.165) is 0 Å². The monoisotopic (exact) mass is 273 g/mol. The van der Waals surface area contributed by atoms with Gasteiger partial charge in [0.25, 0.3) is 0 Å². The first-order valence-electron chi connectivity index (χ1n) is 6.14. The quantitative estimate of drug-likeness (QED) is 0.775. The Labute approximate surface area is 108 Å². The summed E-state index contributed by atoms with van der Waals surface area (Å²) in [5.74, 6) is 0.120. The number of rotatable bonds is 7. The lowest BCUT2D eigenvalue weighted by molar-refractivity contribution is 0.525. The van der Waals surface area contributed by atoms with Crippen molar-refractivity contribution in [1.29, 1.82) is 0 Å². The highest BCUT2D eigenvalue weighted by molar-refractivity contribution is 7.91. The Morgan fingerprint density at radius 3 is 2.61 bits per heavy atom. The topological polar surface area (TPSA) is 46.2 Å². The first-order chi connectivity index (χ1) is 8.46. The van der Waals surface area contributed by atoms with E-state index in [9.17, 15) is 12.8 Å². The van der Waals surface area contributed by atoms with Gasteiger partial charge in [0, 0.05) is 17.4 Å². The van der Waals surface area contributed by atoms with Crippen LogP contribution in [0.25, 0.3) is 0 Å². The van der Waals surface area contributed by atoms with Crippen molar-refractivity contribution in [3.05, 3.63) is 35.6 Å². The van der Waals surface area contributed by atoms with Crippen LogP contribution < -0.4 is 5.32 Å². The number of sulfone groups is 1. The van der Waals surface area contributed by atoms with Crippen LogP contribution >= 0.6 is 0 Å². The minimum Gasteiger partial charge on any atom is -0.310 e. The van der Waals surface area contributed by atoms with Gasteiger partial charge < -0.3 is 5.32 Å². The molecule has 18 heavy (non-hydrogen) atoms. The van der Waals surface area contributed by atoms with Gasteiger partial charge in [0.15, 0.2) is 0 Å². The van der Waals surface area contributed by atoms with Gasteiger partial charge in [-0.3, -0.25) is 0 Å². The Kier molecular flexibility index (Phi) is 5.75. The molecule has 0 aromatic heterocycles. The fourth-order valence-electron chi connectivity index (χ4n) is 1.69. The molecule has 0 saturated carbocycles. The van der Waals surface area contributed by atoms with E-state index in [-0.39, 0.29) is 23.4 Å². The molecule has 5 heteroatoms. The zero-order chi connectivity index (χ0) is 13.6. The van der Waals surface area contributed by atoms with Crippen molar-refractivity contribution in [3.63, 3.8) is 0 Å². The van der Waals surface area contributed by atoms with Gasteiger partial charge in [-0.1, -0.05) is 25.1 Å². The van der Waals surface area contributed by atoms with Gasteiger partial charge in [-0.05, 0) is 26.0 Å². The predicted octanol–water partition coefficient (Wildman–Crippen LogP) is 2.30. The van der Waals surface area contributed by atoms with Crippen LogP contribution in [0.1, 0.15) is 31.9 Å². The third kappa shape index (κ3) is 4.74. The zero-order valence-corrected chi connectivity index (χ0v) is 11.6. The summed E-state index contributed by atoms with van der Waals surface area (Å²) in [6.45, 7) is 4.08. The van der Waals surface area contributed by atoms with Crippen LogP contribution in [0.4, 0.5) is 4.39 Å². The molecule has 0 spiro atoms. The van der Waals surface area contributed by atoms with Gasteiger partial charge in [0.05, 0.1) is 5.75 Å². The van der Waals surface area contributed by atoms with E-state index in [1.807, 2.05) is 6.92 Å². The van der Waals surface area contributed by atoms with Crippen LogP contribution in [0.2, 0.25) is 0 Å². The molecule has 1 aromatic carbocycles. The second-order valence-corrected chi connectivity index (χ2v) is 6.76. The maximum Gasteiger partial charge on any atom is 0.150 e. The summed E-state index contributed by atoms with van der Waals surface area (Å²) in [6.07, 6.45) is 0.551. The third-order valence-electron chi connectivity index (χ3n) is 2.89. The summed E-state index contributed by atoms with van der Waals surface area (Å²) in [5, 5.41) is 3.13. The number of hydrogen-bond donors (Lipinski definition) is 1. The van der Waals surface area contributed by atoms with Crippen molar-refractivity contribution in [2.24, 2.45) is 0 Å². The van der Waals surface area contributed by atoms with Crippen molar-refractivity contribution in [2.45, 2.75) is 26.3 Å². The first kappa shape index (κ1) is 15.1. The van der Waals surface area contributed by atoms with Crippen LogP contribution in [0.3, 0.4) is 0 Å². The molecule has 102 valence electrons.